The van der Waals surface area contributed by atoms with Crippen LogP contribution >= 0.6 is 0 Å². The van der Waals surface area contributed by atoms with E-state index < -0.39 is 0 Å². The Morgan fingerprint density at radius 1 is 1.33 bits per heavy atom. The molecule has 1 rings (SSSR count). The molecule has 0 aliphatic rings. The summed E-state index contributed by atoms with van der Waals surface area (Å²) in [5.41, 5.74) is 1.01. The van der Waals surface area contributed by atoms with Crippen LogP contribution in [0.3, 0.4) is 0 Å². The highest BCUT2D eigenvalue weighted by Crippen LogP contribution is 2.15. The molecule has 0 aliphatic heterocycles. The lowest BCUT2D eigenvalue weighted by Crippen LogP contribution is -1.86. The summed E-state index contributed by atoms with van der Waals surface area (Å²) in [6.45, 7) is 0. The largest absolute Gasteiger partial charge is 0.508 e. The molecule has 0 bridgehead atoms. The summed E-state index contributed by atoms with van der Waals surface area (Å²) in [4.78, 5) is 0. The zero-order valence-electron chi connectivity index (χ0n) is 6.28. The lowest BCUT2D eigenvalue weighted by atomic mass is 10.1. The molecule has 0 heterocycles. The number of benzene rings is 1. The predicted octanol–water partition coefficient (Wildman–Crippen LogP) is 1.33. The number of rotatable bonds is 1. The van der Waals surface area contributed by atoms with E-state index in [9.17, 15) is 0 Å². The maximum absolute atomic E-state index is 9.00. The number of nitriles is 2. The zero-order valence-corrected chi connectivity index (χ0v) is 6.28. The van der Waals surface area contributed by atoms with Crippen LogP contribution in [-0.4, -0.2) is 5.11 Å². The molecule has 1 aromatic rings. The first-order valence-corrected chi connectivity index (χ1v) is 3.37. The second-order valence-electron chi connectivity index (χ2n) is 2.29. The van der Waals surface area contributed by atoms with Gasteiger partial charge in [-0.1, -0.05) is 6.07 Å². The number of phenols is 1. The van der Waals surface area contributed by atoms with Crippen molar-refractivity contribution in [2.45, 2.75) is 6.42 Å². The van der Waals surface area contributed by atoms with Crippen molar-refractivity contribution in [2.24, 2.45) is 0 Å². The Kier molecular flexibility index (Phi) is 2.30. The Hall–Kier alpha value is -2.00. The van der Waals surface area contributed by atoms with Crippen molar-refractivity contribution >= 4 is 0 Å². The molecule has 0 aliphatic carbocycles. The minimum Gasteiger partial charge on any atom is -0.508 e. The molecule has 1 N–H and O–H groups in total. The highest BCUT2D eigenvalue weighted by atomic mass is 16.3. The van der Waals surface area contributed by atoms with Gasteiger partial charge < -0.3 is 5.11 Å². The SMILES string of the molecule is N#CCc1ccc(O)cc1C#N. The third-order valence-electron chi connectivity index (χ3n) is 1.48. The molecule has 0 unspecified atom stereocenters. The van der Waals surface area contributed by atoms with E-state index in [1.807, 2.05) is 12.1 Å². The molecule has 12 heavy (non-hydrogen) atoms. The number of phenolic OH excluding ortho intramolecular Hbond substituents is 1. The Bertz CT molecular complexity index is 371. The lowest BCUT2D eigenvalue weighted by molar-refractivity contribution is 0.475. The minimum atomic E-state index is 0.0493. The summed E-state index contributed by atoms with van der Waals surface area (Å²) < 4.78 is 0. The van der Waals surface area contributed by atoms with Gasteiger partial charge in [-0.15, -0.1) is 0 Å². The Morgan fingerprint density at radius 2 is 2.08 bits per heavy atom. The molecule has 3 nitrogen and oxygen atoms in total. The van der Waals surface area contributed by atoms with Crippen LogP contribution in [0.25, 0.3) is 0 Å². The van der Waals surface area contributed by atoms with Gasteiger partial charge in [0.25, 0.3) is 0 Å². The third-order valence-corrected chi connectivity index (χ3v) is 1.48. The number of aromatic hydroxyl groups is 1. The number of hydrogen-bond donors (Lipinski definition) is 1. The molecule has 0 atom stereocenters. The van der Waals surface area contributed by atoms with Crippen molar-refractivity contribution in [3.05, 3.63) is 29.3 Å². The second kappa shape index (κ2) is 3.41. The van der Waals surface area contributed by atoms with Gasteiger partial charge in [-0.2, -0.15) is 10.5 Å². The summed E-state index contributed by atoms with van der Waals surface area (Å²) in [6, 6.07) is 8.26. The molecule has 0 fully saturated rings. The molecule has 3 heteroatoms. The van der Waals surface area contributed by atoms with E-state index in [4.69, 9.17) is 15.6 Å². The quantitative estimate of drug-likeness (QED) is 0.670. The van der Waals surface area contributed by atoms with Crippen LogP contribution in [0.15, 0.2) is 18.2 Å². The van der Waals surface area contributed by atoms with Crippen molar-refractivity contribution in [2.75, 3.05) is 0 Å². The van der Waals surface area contributed by atoms with Gasteiger partial charge in [0.15, 0.2) is 0 Å². The topological polar surface area (TPSA) is 67.8 Å². The van der Waals surface area contributed by atoms with Gasteiger partial charge in [-0.25, -0.2) is 0 Å². The maximum atomic E-state index is 9.00. The smallest absolute Gasteiger partial charge is 0.116 e. The van der Waals surface area contributed by atoms with Gasteiger partial charge in [-0.3, -0.25) is 0 Å². The Morgan fingerprint density at radius 3 is 2.67 bits per heavy atom. The number of hydrogen-bond acceptors (Lipinski definition) is 3. The highest BCUT2D eigenvalue weighted by Gasteiger charge is 2.01. The molecular formula is C9H6N2O. The van der Waals surface area contributed by atoms with Gasteiger partial charge in [0, 0.05) is 0 Å². The zero-order chi connectivity index (χ0) is 8.97. The molecule has 58 valence electrons. The van der Waals surface area contributed by atoms with Crippen molar-refractivity contribution < 1.29 is 5.11 Å². The lowest BCUT2D eigenvalue weighted by Gasteiger charge is -1.97. The van der Waals surface area contributed by atoms with E-state index in [0.29, 0.717) is 11.1 Å². The van der Waals surface area contributed by atoms with E-state index in [0.717, 1.165) is 0 Å². The summed E-state index contributed by atoms with van der Waals surface area (Å²) in [5.74, 6) is 0.0493. The molecule has 0 radical (unpaired) electrons. The van der Waals surface area contributed by atoms with E-state index in [1.54, 1.807) is 6.07 Å². The first-order valence-electron chi connectivity index (χ1n) is 3.37. The standard InChI is InChI=1S/C9H6N2O/c10-4-3-7-1-2-9(12)5-8(7)6-11/h1-2,5,12H,3H2. The van der Waals surface area contributed by atoms with Gasteiger partial charge in [0.1, 0.15) is 5.75 Å². The van der Waals surface area contributed by atoms with E-state index in [-0.39, 0.29) is 12.2 Å². The van der Waals surface area contributed by atoms with Crippen molar-refractivity contribution in [3.63, 3.8) is 0 Å². The van der Waals surface area contributed by atoms with Crippen molar-refractivity contribution in [3.8, 4) is 17.9 Å². The monoisotopic (exact) mass is 158 g/mol. The van der Waals surface area contributed by atoms with Crippen molar-refractivity contribution in [1.29, 1.82) is 10.5 Å². The van der Waals surface area contributed by atoms with E-state index in [2.05, 4.69) is 0 Å². The molecule has 0 saturated carbocycles. The van der Waals surface area contributed by atoms with Crippen LogP contribution in [0.4, 0.5) is 0 Å². The highest BCUT2D eigenvalue weighted by molar-refractivity contribution is 5.43. The molecule has 0 spiro atoms. The fraction of sp³-hybridized carbons (Fsp3) is 0.111. The van der Waals surface area contributed by atoms with Crippen LogP contribution in [0.5, 0.6) is 5.75 Å². The Balaban J connectivity index is 3.15. The summed E-state index contributed by atoms with van der Waals surface area (Å²) >= 11 is 0. The molecular weight excluding hydrogens is 152 g/mol. The van der Waals surface area contributed by atoms with Gasteiger partial charge in [0.2, 0.25) is 0 Å². The normalized spacial score (nSPS) is 8.50. The van der Waals surface area contributed by atoms with Crippen LogP contribution in [0.2, 0.25) is 0 Å². The van der Waals surface area contributed by atoms with E-state index >= 15 is 0 Å². The van der Waals surface area contributed by atoms with Crippen LogP contribution < -0.4 is 0 Å². The van der Waals surface area contributed by atoms with Crippen molar-refractivity contribution in [1.82, 2.24) is 0 Å². The van der Waals surface area contributed by atoms with Gasteiger partial charge in [-0.05, 0) is 17.7 Å². The van der Waals surface area contributed by atoms with Gasteiger partial charge >= 0.3 is 0 Å². The van der Waals surface area contributed by atoms with Gasteiger partial charge in [0.05, 0.1) is 24.1 Å². The third kappa shape index (κ3) is 1.53. The second-order valence-corrected chi connectivity index (χ2v) is 2.29. The minimum absolute atomic E-state index is 0.0493. The first-order chi connectivity index (χ1) is 5.77. The summed E-state index contributed by atoms with van der Waals surface area (Å²) in [7, 11) is 0. The molecule has 1 aromatic carbocycles. The maximum Gasteiger partial charge on any atom is 0.116 e. The number of nitrogens with zero attached hydrogens (tertiary/aromatic N) is 2. The average molecular weight is 158 g/mol. The van der Waals surface area contributed by atoms with E-state index in [1.165, 1.54) is 12.1 Å². The fourth-order valence-electron chi connectivity index (χ4n) is 0.908. The van der Waals surface area contributed by atoms with Crippen LogP contribution in [0, 0.1) is 22.7 Å². The molecule has 0 saturated heterocycles. The predicted molar refractivity (Wildman–Crippen MR) is 42.1 cm³/mol. The molecule has 0 aromatic heterocycles. The van der Waals surface area contributed by atoms with Crippen LogP contribution in [-0.2, 0) is 6.42 Å². The summed E-state index contributed by atoms with van der Waals surface area (Å²) in [6.07, 6.45) is 0.198. The Labute approximate surface area is 70.1 Å². The molecule has 0 amide bonds. The average Bonchev–Trinajstić information content (AvgIpc) is 2.08. The first kappa shape index (κ1) is 8.10. The van der Waals surface area contributed by atoms with Crippen LogP contribution in [0.1, 0.15) is 11.1 Å². The summed E-state index contributed by atoms with van der Waals surface area (Å²) in [5, 5.41) is 26.0. The fourth-order valence-corrected chi connectivity index (χ4v) is 0.908.